The van der Waals surface area contributed by atoms with Gasteiger partial charge in [0, 0.05) is 17.8 Å². The summed E-state index contributed by atoms with van der Waals surface area (Å²) in [6, 6.07) is 5.75. The second kappa shape index (κ2) is 8.29. The van der Waals surface area contributed by atoms with Crippen molar-refractivity contribution in [1.82, 2.24) is 20.1 Å². The maximum Gasteiger partial charge on any atom is 0.586 e. The van der Waals surface area contributed by atoms with Crippen molar-refractivity contribution < 1.29 is 27.8 Å². The average Bonchev–Trinajstić information content (AvgIpc) is 3.74. The van der Waals surface area contributed by atoms with Gasteiger partial charge in [0.15, 0.2) is 22.5 Å². The Hall–Kier alpha value is -3.44. The number of rotatable bonds is 6. The molecule has 192 valence electrons. The van der Waals surface area contributed by atoms with Gasteiger partial charge < -0.3 is 20.1 Å². The third-order valence-electron chi connectivity index (χ3n) is 6.72. The van der Waals surface area contributed by atoms with Gasteiger partial charge in [0.1, 0.15) is 11.3 Å². The van der Waals surface area contributed by atoms with E-state index >= 15 is 0 Å². The number of pyridine rings is 1. The molecule has 2 amide bonds. The molecule has 2 fully saturated rings. The molecule has 3 aliphatic rings. The van der Waals surface area contributed by atoms with Crippen LogP contribution in [0.1, 0.15) is 52.1 Å². The first-order chi connectivity index (χ1) is 17.6. The summed E-state index contributed by atoms with van der Waals surface area (Å²) in [5.74, 6) is -1.61. The predicted molar refractivity (Wildman–Crippen MR) is 129 cm³/mol. The standard InChI is InChI=1S/C24H19Cl2F2N5O4/c1-11-9-15-19(37-24(27,28)36-15)17(22(35)31-23(6-7-23)12-4-5-12)18(11)30-21(34)14-10-16(26)32-33(14)20-13(25)3-2-8-29-20/h2-3,8-10,12H,4-7H2,1H3,(H,30,34)(H,31,35). The maximum atomic E-state index is 14.0. The number of aromatic nitrogens is 3. The Morgan fingerprint density at radius 1 is 1.16 bits per heavy atom. The zero-order valence-corrected chi connectivity index (χ0v) is 20.8. The van der Waals surface area contributed by atoms with Gasteiger partial charge in [-0.3, -0.25) is 9.59 Å². The Labute approximate surface area is 219 Å². The third kappa shape index (κ3) is 4.25. The molecule has 6 rings (SSSR count). The number of hydrogen-bond donors (Lipinski definition) is 2. The normalized spacial score (nSPS) is 18.4. The zero-order chi connectivity index (χ0) is 26.1. The van der Waals surface area contributed by atoms with Crippen LogP contribution < -0.4 is 20.1 Å². The monoisotopic (exact) mass is 549 g/mol. The number of benzene rings is 1. The van der Waals surface area contributed by atoms with E-state index in [1.54, 1.807) is 19.1 Å². The van der Waals surface area contributed by atoms with E-state index in [1.807, 2.05) is 0 Å². The van der Waals surface area contributed by atoms with E-state index in [9.17, 15) is 18.4 Å². The molecule has 1 aromatic carbocycles. The van der Waals surface area contributed by atoms with E-state index in [0.29, 0.717) is 11.5 Å². The number of halogens is 4. The van der Waals surface area contributed by atoms with Crippen LogP contribution in [0, 0.1) is 12.8 Å². The minimum absolute atomic E-state index is 0.00741. The van der Waals surface area contributed by atoms with Crippen molar-refractivity contribution in [2.75, 3.05) is 5.32 Å². The highest BCUT2D eigenvalue weighted by Gasteiger charge is 2.55. The lowest BCUT2D eigenvalue weighted by molar-refractivity contribution is -0.286. The minimum atomic E-state index is -3.96. The van der Waals surface area contributed by atoms with Crippen LogP contribution in [0.2, 0.25) is 10.2 Å². The van der Waals surface area contributed by atoms with Crippen LogP contribution >= 0.6 is 23.2 Å². The molecule has 0 atom stereocenters. The van der Waals surface area contributed by atoms with Gasteiger partial charge in [0.25, 0.3) is 11.8 Å². The zero-order valence-electron chi connectivity index (χ0n) is 19.3. The highest BCUT2D eigenvalue weighted by atomic mass is 35.5. The Balaban J connectivity index is 1.40. The third-order valence-corrected chi connectivity index (χ3v) is 7.20. The van der Waals surface area contributed by atoms with Crippen LogP contribution in [0.25, 0.3) is 5.82 Å². The summed E-state index contributed by atoms with van der Waals surface area (Å²) < 4.78 is 38.5. The van der Waals surface area contributed by atoms with E-state index < -0.39 is 23.9 Å². The first kappa shape index (κ1) is 23.9. The molecule has 2 aliphatic carbocycles. The van der Waals surface area contributed by atoms with Crippen molar-refractivity contribution in [3.63, 3.8) is 0 Å². The van der Waals surface area contributed by atoms with E-state index in [1.165, 1.54) is 18.3 Å². The summed E-state index contributed by atoms with van der Waals surface area (Å²) in [6.45, 7) is 1.56. The number of nitrogens with one attached hydrogen (secondary N) is 2. The Bertz CT molecular complexity index is 1470. The van der Waals surface area contributed by atoms with Crippen LogP contribution in [0.5, 0.6) is 11.5 Å². The molecule has 3 heterocycles. The van der Waals surface area contributed by atoms with Crippen molar-refractivity contribution in [3.8, 4) is 17.3 Å². The molecular weight excluding hydrogens is 531 g/mol. The van der Waals surface area contributed by atoms with Gasteiger partial charge in [-0.25, -0.2) is 9.67 Å². The van der Waals surface area contributed by atoms with E-state index in [-0.39, 0.29) is 44.2 Å². The number of aryl methyl sites for hydroxylation is 1. The number of nitrogens with zero attached hydrogens (tertiary/aromatic N) is 3. The molecule has 13 heteroatoms. The summed E-state index contributed by atoms with van der Waals surface area (Å²) in [7, 11) is 0. The van der Waals surface area contributed by atoms with Crippen molar-refractivity contribution in [2.45, 2.75) is 44.4 Å². The van der Waals surface area contributed by atoms with Gasteiger partial charge in [-0.05, 0) is 62.3 Å². The fourth-order valence-electron chi connectivity index (χ4n) is 4.67. The van der Waals surface area contributed by atoms with Crippen LogP contribution in [-0.2, 0) is 0 Å². The van der Waals surface area contributed by atoms with E-state index in [0.717, 1.165) is 30.4 Å². The largest absolute Gasteiger partial charge is 0.586 e. The molecule has 2 N–H and O–H groups in total. The van der Waals surface area contributed by atoms with Gasteiger partial charge in [-0.15, -0.1) is 8.78 Å². The molecule has 3 aromatic rings. The highest BCUT2D eigenvalue weighted by Crippen LogP contribution is 2.54. The van der Waals surface area contributed by atoms with E-state index in [2.05, 4.69) is 25.5 Å². The highest BCUT2D eigenvalue weighted by molar-refractivity contribution is 6.32. The van der Waals surface area contributed by atoms with Crippen molar-refractivity contribution in [3.05, 3.63) is 57.5 Å². The first-order valence-corrected chi connectivity index (χ1v) is 12.3. The maximum absolute atomic E-state index is 14.0. The van der Waals surface area contributed by atoms with Gasteiger partial charge in [-0.1, -0.05) is 23.2 Å². The van der Waals surface area contributed by atoms with Gasteiger partial charge in [0.2, 0.25) is 0 Å². The molecule has 2 saturated carbocycles. The first-order valence-electron chi connectivity index (χ1n) is 11.5. The summed E-state index contributed by atoms with van der Waals surface area (Å²) in [4.78, 5) is 31.1. The second-order valence-corrected chi connectivity index (χ2v) is 10.1. The van der Waals surface area contributed by atoms with Crippen LogP contribution in [0.15, 0.2) is 30.5 Å². The number of amides is 2. The van der Waals surface area contributed by atoms with Crippen molar-refractivity contribution in [2.24, 2.45) is 5.92 Å². The Kier molecular flexibility index (Phi) is 5.36. The van der Waals surface area contributed by atoms with Crippen LogP contribution in [0.4, 0.5) is 14.5 Å². The average molecular weight is 550 g/mol. The molecule has 37 heavy (non-hydrogen) atoms. The molecule has 9 nitrogen and oxygen atoms in total. The molecule has 0 unspecified atom stereocenters. The van der Waals surface area contributed by atoms with Gasteiger partial charge in [-0.2, -0.15) is 5.10 Å². The molecule has 0 radical (unpaired) electrons. The summed E-state index contributed by atoms with van der Waals surface area (Å²) in [5, 5.41) is 9.96. The minimum Gasteiger partial charge on any atom is -0.395 e. The van der Waals surface area contributed by atoms with Crippen LogP contribution in [-0.4, -0.2) is 38.4 Å². The fourth-order valence-corrected chi connectivity index (χ4v) is 5.05. The number of ether oxygens (including phenoxy) is 2. The lowest BCUT2D eigenvalue weighted by Gasteiger charge is -2.20. The Morgan fingerprint density at radius 3 is 2.59 bits per heavy atom. The summed E-state index contributed by atoms with van der Waals surface area (Å²) in [5.41, 5.74) is -0.358. The summed E-state index contributed by atoms with van der Waals surface area (Å²) in [6.07, 6.45) is 1.10. The lowest BCUT2D eigenvalue weighted by Crippen LogP contribution is -2.39. The molecule has 0 bridgehead atoms. The number of alkyl halides is 2. The fraction of sp³-hybridized carbons (Fsp3) is 0.333. The number of hydrogen-bond acceptors (Lipinski definition) is 6. The Morgan fingerprint density at radius 2 is 1.92 bits per heavy atom. The van der Waals surface area contributed by atoms with Crippen LogP contribution in [0.3, 0.4) is 0 Å². The number of fused-ring (bicyclic) bond motifs is 1. The quantitative estimate of drug-likeness (QED) is 0.441. The molecule has 2 aromatic heterocycles. The van der Waals surface area contributed by atoms with Gasteiger partial charge in [0.05, 0.1) is 10.7 Å². The predicted octanol–water partition coefficient (Wildman–Crippen LogP) is 5.13. The topological polar surface area (TPSA) is 107 Å². The molecule has 1 aliphatic heterocycles. The second-order valence-electron chi connectivity index (χ2n) is 9.35. The summed E-state index contributed by atoms with van der Waals surface area (Å²) >= 11 is 12.3. The van der Waals surface area contributed by atoms with E-state index in [4.69, 9.17) is 27.9 Å². The number of carbonyl (C=O) groups is 2. The SMILES string of the molecule is Cc1cc2c(c(C(=O)NC3(C4CC4)CC3)c1NC(=O)c1cc(Cl)nn1-c1ncccc1Cl)OC(F)(F)O2. The lowest BCUT2D eigenvalue weighted by atomic mass is 10.0. The molecule has 0 spiro atoms. The smallest absolute Gasteiger partial charge is 0.395 e. The number of carbonyl (C=O) groups excluding carboxylic acids is 2. The number of anilines is 1. The molecular formula is C24H19Cl2F2N5O4. The molecule has 0 saturated heterocycles. The van der Waals surface area contributed by atoms with Gasteiger partial charge >= 0.3 is 6.29 Å². The van der Waals surface area contributed by atoms with Crippen molar-refractivity contribution in [1.29, 1.82) is 0 Å². The van der Waals surface area contributed by atoms with Crippen molar-refractivity contribution >= 4 is 40.7 Å².